The van der Waals surface area contributed by atoms with Gasteiger partial charge in [0.15, 0.2) is 0 Å². The number of hydrogen-bond donors (Lipinski definition) is 1. The van der Waals surface area contributed by atoms with Crippen molar-refractivity contribution in [3.8, 4) is 5.75 Å². The zero-order valence-electron chi connectivity index (χ0n) is 17.2. The maximum absolute atomic E-state index is 12.8. The van der Waals surface area contributed by atoms with E-state index in [9.17, 15) is 14.7 Å². The number of benzene rings is 1. The van der Waals surface area contributed by atoms with Crippen molar-refractivity contribution in [2.75, 3.05) is 20.2 Å². The fourth-order valence-corrected chi connectivity index (χ4v) is 4.98. The standard InChI is InChI=1S/C23H29NO5/c1-15-18-7-6-17(28-2)13-20(18)29-22(26)19(15)8-9-21(25)24-12-11-23(27)10-4-3-5-16(23)14-24/h6-7,13,16,27H,3-5,8-12,14H2,1-2H3/t16-,23-/m1/s1. The Hall–Kier alpha value is -2.34. The Morgan fingerprint density at radius 1 is 1.34 bits per heavy atom. The van der Waals surface area contributed by atoms with Crippen LogP contribution in [0.1, 0.15) is 49.7 Å². The minimum absolute atomic E-state index is 0.0475. The summed E-state index contributed by atoms with van der Waals surface area (Å²) in [6, 6.07) is 5.42. The molecular weight excluding hydrogens is 370 g/mol. The molecular formula is C23H29NO5. The minimum atomic E-state index is -0.591. The quantitative estimate of drug-likeness (QED) is 0.799. The summed E-state index contributed by atoms with van der Waals surface area (Å²) in [5.74, 6) is 0.860. The first kappa shape index (κ1) is 20.0. The third-order valence-electron chi connectivity index (χ3n) is 6.86. The van der Waals surface area contributed by atoms with Gasteiger partial charge in [-0.2, -0.15) is 0 Å². The van der Waals surface area contributed by atoms with E-state index in [1.807, 2.05) is 24.0 Å². The molecule has 2 atom stereocenters. The summed E-state index contributed by atoms with van der Waals surface area (Å²) in [7, 11) is 1.57. The molecule has 0 radical (unpaired) electrons. The Bertz CT molecular complexity index is 981. The number of rotatable bonds is 4. The van der Waals surface area contributed by atoms with Gasteiger partial charge in [0, 0.05) is 42.4 Å². The van der Waals surface area contributed by atoms with E-state index in [0.29, 0.717) is 42.8 Å². The molecule has 1 N–H and O–H groups in total. The molecule has 1 aromatic heterocycles. The van der Waals surface area contributed by atoms with E-state index in [0.717, 1.165) is 36.6 Å². The average molecular weight is 399 g/mol. The first-order valence-electron chi connectivity index (χ1n) is 10.5. The molecule has 4 rings (SSSR count). The van der Waals surface area contributed by atoms with Crippen molar-refractivity contribution in [1.29, 1.82) is 0 Å². The molecule has 1 aromatic carbocycles. The van der Waals surface area contributed by atoms with E-state index < -0.39 is 11.2 Å². The Morgan fingerprint density at radius 3 is 2.97 bits per heavy atom. The van der Waals surface area contributed by atoms with E-state index in [1.165, 1.54) is 0 Å². The monoisotopic (exact) mass is 399 g/mol. The van der Waals surface area contributed by atoms with E-state index in [2.05, 4.69) is 0 Å². The van der Waals surface area contributed by atoms with Gasteiger partial charge in [0.2, 0.25) is 5.91 Å². The van der Waals surface area contributed by atoms with Crippen LogP contribution in [0, 0.1) is 12.8 Å². The highest BCUT2D eigenvalue weighted by molar-refractivity contribution is 5.82. The van der Waals surface area contributed by atoms with Crippen LogP contribution in [0.5, 0.6) is 5.75 Å². The summed E-state index contributed by atoms with van der Waals surface area (Å²) in [5, 5.41) is 11.7. The smallest absolute Gasteiger partial charge is 0.339 e. The first-order chi connectivity index (χ1) is 13.9. The molecule has 1 aliphatic carbocycles. The van der Waals surface area contributed by atoms with E-state index >= 15 is 0 Å². The highest BCUT2D eigenvalue weighted by Crippen LogP contribution is 2.39. The lowest BCUT2D eigenvalue weighted by atomic mass is 9.71. The largest absolute Gasteiger partial charge is 0.497 e. The molecule has 2 aliphatic rings. The fraction of sp³-hybridized carbons (Fsp3) is 0.565. The average Bonchev–Trinajstić information content (AvgIpc) is 2.72. The number of likely N-dealkylation sites (tertiary alicyclic amines) is 1. The molecule has 6 nitrogen and oxygen atoms in total. The molecule has 1 aliphatic heterocycles. The molecule has 2 fully saturated rings. The lowest BCUT2D eigenvalue weighted by molar-refractivity contribution is -0.143. The van der Waals surface area contributed by atoms with Gasteiger partial charge < -0.3 is 19.2 Å². The number of ether oxygens (including phenoxy) is 1. The zero-order chi connectivity index (χ0) is 20.6. The SMILES string of the molecule is COc1ccc2c(C)c(CCC(=O)N3CC[C@]4(O)CCCC[C@@H]4C3)c(=O)oc2c1. The minimum Gasteiger partial charge on any atom is -0.497 e. The number of methoxy groups -OCH3 is 1. The van der Waals surface area contributed by atoms with Gasteiger partial charge in [0.25, 0.3) is 0 Å². The molecule has 1 amide bonds. The van der Waals surface area contributed by atoms with Crippen LogP contribution in [0.25, 0.3) is 11.0 Å². The lowest BCUT2D eigenvalue weighted by Crippen LogP contribution is -2.54. The van der Waals surface area contributed by atoms with Crippen molar-refractivity contribution in [3.63, 3.8) is 0 Å². The van der Waals surface area contributed by atoms with Crippen LogP contribution < -0.4 is 10.4 Å². The van der Waals surface area contributed by atoms with E-state index in [1.54, 1.807) is 13.2 Å². The molecule has 2 aromatic rings. The van der Waals surface area contributed by atoms with Crippen LogP contribution in [-0.4, -0.2) is 41.7 Å². The van der Waals surface area contributed by atoms with E-state index in [-0.39, 0.29) is 18.2 Å². The Balaban J connectivity index is 1.47. The van der Waals surface area contributed by atoms with Crippen molar-refractivity contribution in [1.82, 2.24) is 4.90 Å². The summed E-state index contributed by atoms with van der Waals surface area (Å²) >= 11 is 0. The number of fused-ring (bicyclic) bond motifs is 2. The number of carbonyl (C=O) groups is 1. The number of carbonyl (C=O) groups excluding carboxylic acids is 1. The summed E-state index contributed by atoms with van der Waals surface area (Å²) in [4.78, 5) is 27.2. The van der Waals surface area contributed by atoms with Crippen LogP contribution in [0.15, 0.2) is 27.4 Å². The van der Waals surface area contributed by atoms with Gasteiger partial charge in [-0.05, 0) is 50.3 Å². The summed E-state index contributed by atoms with van der Waals surface area (Å²) in [5.41, 5.74) is 0.923. The molecule has 0 spiro atoms. The second-order valence-electron chi connectivity index (χ2n) is 8.49. The molecule has 2 heterocycles. The van der Waals surface area contributed by atoms with Gasteiger partial charge >= 0.3 is 5.63 Å². The number of hydrogen-bond acceptors (Lipinski definition) is 5. The molecule has 1 saturated carbocycles. The number of piperidine rings is 1. The predicted molar refractivity (Wildman–Crippen MR) is 110 cm³/mol. The highest BCUT2D eigenvalue weighted by Gasteiger charge is 2.43. The van der Waals surface area contributed by atoms with Crippen molar-refractivity contribution >= 4 is 16.9 Å². The molecule has 0 bridgehead atoms. The topological polar surface area (TPSA) is 80.0 Å². The normalized spacial score (nSPS) is 24.4. The summed E-state index contributed by atoms with van der Waals surface area (Å²) in [6.07, 6.45) is 5.32. The maximum Gasteiger partial charge on any atom is 0.339 e. The van der Waals surface area contributed by atoms with Crippen molar-refractivity contribution in [2.45, 2.75) is 57.5 Å². The predicted octanol–water partition coefficient (Wildman–Crippen LogP) is 3.20. The molecule has 1 saturated heterocycles. The van der Waals surface area contributed by atoms with Gasteiger partial charge in [-0.25, -0.2) is 4.79 Å². The van der Waals surface area contributed by atoms with Gasteiger partial charge in [0.1, 0.15) is 11.3 Å². The molecule has 0 unspecified atom stereocenters. The molecule has 29 heavy (non-hydrogen) atoms. The zero-order valence-corrected chi connectivity index (χ0v) is 17.2. The van der Waals surface area contributed by atoms with Crippen LogP contribution in [0.2, 0.25) is 0 Å². The fourth-order valence-electron chi connectivity index (χ4n) is 4.98. The second kappa shape index (κ2) is 7.82. The van der Waals surface area contributed by atoms with Crippen molar-refractivity contribution < 1.29 is 19.1 Å². The van der Waals surface area contributed by atoms with Crippen LogP contribution in [-0.2, 0) is 11.2 Å². The van der Waals surface area contributed by atoms with Gasteiger partial charge in [0.05, 0.1) is 12.7 Å². The summed E-state index contributed by atoms with van der Waals surface area (Å²) < 4.78 is 10.7. The Labute approximate surface area is 170 Å². The Kier molecular flexibility index (Phi) is 5.38. The Morgan fingerprint density at radius 2 is 2.17 bits per heavy atom. The van der Waals surface area contributed by atoms with Crippen LogP contribution in [0.3, 0.4) is 0 Å². The van der Waals surface area contributed by atoms with Crippen LogP contribution in [0.4, 0.5) is 0 Å². The van der Waals surface area contributed by atoms with Gasteiger partial charge in [-0.15, -0.1) is 0 Å². The number of aliphatic hydroxyl groups is 1. The van der Waals surface area contributed by atoms with Crippen molar-refractivity contribution in [2.24, 2.45) is 5.92 Å². The number of amides is 1. The highest BCUT2D eigenvalue weighted by atomic mass is 16.5. The van der Waals surface area contributed by atoms with Crippen molar-refractivity contribution in [3.05, 3.63) is 39.7 Å². The van der Waals surface area contributed by atoms with Gasteiger partial charge in [-0.3, -0.25) is 4.79 Å². The third-order valence-corrected chi connectivity index (χ3v) is 6.86. The van der Waals surface area contributed by atoms with Crippen LogP contribution >= 0.6 is 0 Å². The molecule has 156 valence electrons. The molecule has 6 heteroatoms. The lowest BCUT2D eigenvalue weighted by Gasteiger charge is -2.47. The second-order valence-corrected chi connectivity index (χ2v) is 8.49. The third kappa shape index (κ3) is 3.78. The number of aryl methyl sites for hydroxylation is 1. The number of nitrogens with zero attached hydrogens (tertiary/aromatic N) is 1. The maximum atomic E-state index is 12.8. The van der Waals surface area contributed by atoms with E-state index in [4.69, 9.17) is 9.15 Å². The summed E-state index contributed by atoms with van der Waals surface area (Å²) in [6.45, 7) is 3.12. The first-order valence-corrected chi connectivity index (χ1v) is 10.5. The van der Waals surface area contributed by atoms with Gasteiger partial charge in [-0.1, -0.05) is 12.8 Å².